The van der Waals surface area contributed by atoms with E-state index < -0.39 is 0 Å². The summed E-state index contributed by atoms with van der Waals surface area (Å²) in [5.41, 5.74) is 5.57. The summed E-state index contributed by atoms with van der Waals surface area (Å²) in [6.07, 6.45) is 1.14. The van der Waals surface area contributed by atoms with Gasteiger partial charge in [-0.15, -0.1) is 0 Å². The molecule has 0 radical (unpaired) electrons. The van der Waals surface area contributed by atoms with Gasteiger partial charge >= 0.3 is 0 Å². The van der Waals surface area contributed by atoms with E-state index in [-0.39, 0.29) is 0 Å². The van der Waals surface area contributed by atoms with Crippen molar-refractivity contribution < 1.29 is 0 Å². The van der Waals surface area contributed by atoms with Crippen LogP contribution in [0.2, 0.25) is 0 Å². The smallest absolute Gasteiger partial charge is 0.0459 e. The van der Waals surface area contributed by atoms with Crippen molar-refractivity contribution in [1.29, 1.82) is 0 Å². The average Bonchev–Trinajstić information content (AvgIpc) is 2.53. The van der Waals surface area contributed by atoms with Crippen LogP contribution in [0.15, 0.2) is 18.2 Å². The van der Waals surface area contributed by atoms with Gasteiger partial charge in [-0.1, -0.05) is 39.3 Å². The Morgan fingerprint density at radius 1 is 1.12 bits per heavy atom. The summed E-state index contributed by atoms with van der Waals surface area (Å²) >= 11 is 0. The van der Waals surface area contributed by atoms with E-state index in [4.69, 9.17) is 0 Å². The molecular formula is C16H23N. The fourth-order valence-corrected chi connectivity index (χ4v) is 2.61. The highest BCUT2D eigenvalue weighted by molar-refractivity contribution is 5.85. The third-order valence-electron chi connectivity index (χ3n) is 3.27. The molecule has 1 N–H and O–H groups in total. The first-order valence-corrected chi connectivity index (χ1v) is 6.60. The van der Waals surface area contributed by atoms with Crippen LogP contribution in [0, 0.1) is 12.8 Å². The molecule has 0 aliphatic heterocycles. The maximum Gasteiger partial charge on any atom is 0.0459 e. The molecule has 1 nitrogen and oxygen atoms in total. The third kappa shape index (κ3) is 2.38. The van der Waals surface area contributed by atoms with E-state index in [1.165, 1.54) is 27.7 Å². The SMILES string of the molecule is Cc1ccc2[nH]c(CC(C)C)c(C(C)C)c2c1. The molecule has 0 amide bonds. The van der Waals surface area contributed by atoms with Crippen molar-refractivity contribution in [2.24, 2.45) is 5.92 Å². The van der Waals surface area contributed by atoms with Crippen LogP contribution in [0.3, 0.4) is 0 Å². The Balaban J connectivity index is 2.63. The van der Waals surface area contributed by atoms with E-state index in [0.717, 1.165) is 6.42 Å². The van der Waals surface area contributed by atoms with Crippen molar-refractivity contribution in [3.05, 3.63) is 35.0 Å². The van der Waals surface area contributed by atoms with E-state index in [9.17, 15) is 0 Å². The van der Waals surface area contributed by atoms with E-state index in [1.807, 2.05) is 0 Å². The molecule has 17 heavy (non-hydrogen) atoms. The standard InChI is InChI=1S/C16H23N/c1-10(2)8-15-16(11(3)4)13-9-12(5)6-7-14(13)17-15/h6-7,9-11,17H,8H2,1-5H3. The molecule has 1 aromatic carbocycles. The summed E-state index contributed by atoms with van der Waals surface area (Å²) in [4.78, 5) is 3.60. The zero-order valence-corrected chi connectivity index (χ0v) is 11.6. The molecule has 0 bridgehead atoms. The number of H-pyrrole nitrogens is 1. The fraction of sp³-hybridized carbons (Fsp3) is 0.500. The van der Waals surface area contributed by atoms with Crippen LogP contribution in [0.1, 0.15) is 50.4 Å². The predicted molar refractivity (Wildman–Crippen MR) is 75.7 cm³/mol. The van der Waals surface area contributed by atoms with Crippen molar-refractivity contribution in [3.8, 4) is 0 Å². The lowest BCUT2D eigenvalue weighted by molar-refractivity contribution is 0.630. The van der Waals surface area contributed by atoms with Crippen LogP contribution >= 0.6 is 0 Å². The molecule has 1 heteroatoms. The first-order chi connectivity index (χ1) is 7.99. The van der Waals surface area contributed by atoms with Crippen LogP contribution in [-0.4, -0.2) is 4.98 Å². The van der Waals surface area contributed by atoms with Gasteiger partial charge in [0.1, 0.15) is 0 Å². The summed E-state index contributed by atoms with van der Waals surface area (Å²) < 4.78 is 0. The zero-order valence-electron chi connectivity index (χ0n) is 11.6. The van der Waals surface area contributed by atoms with E-state index in [1.54, 1.807) is 0 Å². The van der Waals surface area contributed by atoms with Gasteiger partial charge in [0, 0.05) is 16.6 Å². The minimum Gasteiger partial charge on any atom is -0.358 e. The van der Waals surface area contributed by atoms with Crippen LogP contribution in [-0.2, 0) is 6.42 Å². The maximum atomic E-state index is 3.60. The lowest BCUT2D eigenvalue weighted by atomic mass is 9.95. The van der Waals surface area contributed by atoms with Crippen LogP contribution in [0.5, 0.6) is 0 Å². The summed E-state index contributed by atoms with van der Waals surface area (Å²) in [7, 11) is 0. The van der Waals surface area contributed by atoms with Crippen LogP contribution < -0.4 is 0 Å². The molecule has 1 aromatic heterocycles. The Kier molecular flexibility index (Phi) is 3.28. The monoisotopic (exact) mass is 229 g/mol. The van der Waals surface area contributed by atoms with Crippen molar-refractivity contribution in [3.63, 3.8) is 0 Å². The molecule has 0 aliphatic carbocycles. The lowest BCUT2D eigenvalue weighted by Gasteiger charge is -2.10. The second-order valence-corrected chi connectivity index (χ2v) is 5.82. The molecule has 1 heterocycles. The van der Waals surface area contributed by atoms with Gasteiger partial charge in [0.25, 0.3) is 0 Å². The van der Waals surface area contributed by atoms with Crippen LogP contribution in [0.25, 0.3) is 10.9 Å². The highest BCUT2D eigenvalue weighted by atomic mass is 14.7. The number of hydrogen-bond donors (Lipinski definition) is 1. The molecule has 0 saturated carbocycles. The topological polar surface area (TPSA) is 15.8 Å². The van der Waals surface area contributed by atoms with Gasteiger partial charge in [-0.25, -0.2) is 0 Å². The molecule has 0 aliphatic rings. The zero-order chi connectivity index (χ0) is 12.6. The number of aromatic nitrogens is 1. The van der Waals surface area contributed by atoms with Crippen molar-refractivity contribution in [2.75, 3.05) is 0 Å². The fourth-order valence-electron chi connectivity index (χ4n) is 2.61. The number of benzene rings is 1. The molecule has 0 saturated heterocycles. The van der Waals surface area contributed by atoms with Crippen molar-refractivity contribution in [1.82, 2.24) is 4.98 Å². The molecule has 0 atom stereocenters. The van der Waals surface area contributed by atoms with Gasteiger partial charge in [-0.05, 0) is 42.9 Å². The average molecular weight is 229 g/mol. The molecular weight excluding hydrogens is 206 g/mol. The van der Waals surface area contributed by atoms with Gasteiger partial charge in [0.15, 0.2) is 0 Å². The summed E-state index contributed by atoms with van der Waals surface area (Å²) in [5.74, 6) is 1.28. The van der Waals surface area contributed by atoms with Gasteiger partial charge in [0.05, 0.1) is 0 Å². The Morgan fingerprint density at radius 3 is 2.41 bits per heavy atom. The Bertz CT molecular complexity index is 518. The molecule has 2 rings (SSSR count). The number of fused-ring (bicyclic) bond motifs is 1. The first-order valence-electron chi connectivity index (χ1n) is 6.60. The second-order valence-electron chi connectivity index (χ2n) is 5.82. The second kappa shape index (κ2) is 4.56. The van der Waals surface area contributed by atoms with Crippen molar-refractivity contribution >= 4 is 10.9 Å². The minimum absolute atomic E-state index is 0.583. The van der Waals surface area contributed by atoms with Gasteiger partial charge < -0.3 is 4.98 Å². The van der Waals surface area contributed by atoms with Gasteiger partial charge in [-0.2, -0.15) is 0 Å². The largest absolute Gasteiger partial charge is 0.358 e. The van der Waals surface area contributed by atoms with E-state index >= 15 is 0 Å². The van der Waals surface area contributed by atoms with E-state index in [0.29, 0.717) is 11.8 Å². The third-order valence-corrected chi connectivity index (χ3v) is 3.27. The Labute approximate surface area is 104 Å². The molecule has 0 fully saturated rings. The number of rotatable bonds is 3. The van der Waals surface area contributed by atoms with Gasteiger partial charge in [0.2, 0.25) is 0 Å². The Hall–Kier alpha value is -1.24. The van der Waals surface area contributed by atoms with Crippen LogP contribution in [0.4, 0.5) is 0 Å². The summed E-state index contributed by atoms with van der Waals surface area (Å²) in [6.45, 7) is 11.3. The summed E-state index contributed by atoms with van der Waals surface area (Å²) in [6, 6.07) is 6.70. The van der Waals surface area contributed by atoms with Crippen molar-refractivity contribution in [2.45, 2.75) is 47.0 Å². The number of aromatic amines is 1. The highest BCUT2D eigenvalue weighted by Crippen LogP contribution is 2.31. The molecule has 2 aromatic rings. The first kappa shape index (κ1) is 12.2. The minimum atomic E-state index is 0.583. The molecule has 0 spiro atoms. The normalized spacial score (nSPS) is 11.9. The highest BCUT2D eigenvalue weighted by Gasteiger charge is 2.15. The summed E-state index contributed by atoms with van der Waals surface area (Å²) in [5, 5.41) is 1.41. The molecule has 0 unspecified atom stereocenters. The number of nitrogens with one attached hydrogen (secondary N) is 1. The Morgan fingerprint density at radius 2 is 1.82 bits per heavy atom. The predicted octanol–water partition coefficient (Wildman–Crippen LogP) is 4.80. The number of hydrogen-bond acceptors (Lipinski definition) is 0. The molecule has 92 valence electrons. The maximum absolute atomic E-state index is 3.60. The van der Waals surface area contributed by atoms with Gasteiger partial charge in [-0.3, -0.25) is 0 Å². The number of aryl methyl sites for hydroxylation is 1. The van der Waals surface area contributed by atoms with E-state index in [2.05, 4.69) is 57.8 Å². The lowest BCUT2D eigenvalue weighted by Crippen LogP contribution is -1.99. The quantitative estimate of drug-likeness (QED) is 0.778.